The van der Waals surface area contributed by atoms with Gasteiger partial charge in [0.15, 0.2) is 0 Å². The minimum absolute atomic E-state index is 0.318. The lowest BCUT2D eigenvalue weighted by atomic mass is 9.96. The van der Waals surface area contributed by atoms with E-state index in [2.05, 4.69) is 15.3 Å². The Morgan fingerprint density at radius 3 is 2.84 bits per heavy atom. The number of fused-ring (bicyclic) bond motifs is 1. The van der Waals surface area contributed by atoms with Crippen molar-refractivity contribution >= 4 is 5.82 Å². The molecule has 0 saturated heterocycles. The van der Waals surface area contributed by atoms with Gasteiger partial charge in [0.25, 0.3) is 0 Å². The smallest absolute Gasteiger partial charge is 0.133 e. The molecule has 1 aliphatic rings. The maximum atomic E-state index is 9.75. The number of phenols is 1. The van der Waals surface area contributed by atoms with Crippen LogP contribution in [0.2, 0.25) is 0 Å². The molecule has 0 fully saturated rings. The van der Waals surface area contributed by atoms with Crippen molar-refractivity contribution in [1.82, 2.24) is 9.97 Å². The molecule has 0 radical (unpaired) electrons. The molecule has 2 aromatic rings. The van der Waals surface area contributed by atoms with Crippen LogP contribution in [-0.4, -0.2) is 15.1 Å². The van der Waals surface area contributed by atoms with Crippen molar-refractivity contribution in [2.24, 2.45) is 0 Å². The molecule has 98 valence electrons. The van der Waals surface area contributed by atoms with Gasteiger partial charge in [-0.3, -0.25) is 0 Å². The van der Waals surface area contributed by atoms with Gasteiger partial charge in [-0.2, -0.15) is 0 Å². The molecule has 0 atom stereocenters. The van der Waals surface area contributed by atoms with Crippen molar-refractivity contribution in [3.63, 3.8) is 0 Å². The number of aryl methyl sites for hydroxylation is 1. The number of hydrogen-bond acceptors (Lipinski definition) is 4. The number of benzene rings is 1. The summed E-state index contributed by atoms with van der Waals surface area (Å²) in [7, 11) is 0. The molecule has 0 spiro atoms. The number of nitrogens with zero attached hydrogens (tertiary/aromatic N) is 2. The molecule has 0 bridgehead atoms. The van der Waals surface area contributed by atoms with Gasteiger partial charge in [0.05, 0.1) is 0 Å². The number of nitrogens with one attached hydrogen (secondary N) is 1. The van der Waals surface area contributed by atoms with Crippen LogP contribution in [0.25, 0.3) is 0 Å². The summed E-state index contributed by atoms with van der Waals surface area (Å²) in [5.74, 6) is 1.23. The summed E-state index contributed by atoms with van der Waals surface area (Å²) in [6.07, 6.45) is 6.12. The van der Waals surface area contributed by atoms with E-state index in [9.17, 15) is 5.11 Å². The van der Waals surface area contributed by atoms with E-state index in [1.807, 2.05) is 18.2 Å². The van der Waals surface area contributed by atoms with Crippen LogP contribution >= 0.6 is 0 Å². The Balaban J connectivity index is 1.79. The average Bonchev–Trinajstić information content (AvgIpc) is 2.46. The van der Waals surface area contributed by atoms with Gasteiger partial charge in [0.2, 0.25) is 0 Å². The second-order valence-electron chi connectivity index (χ2n) is 4.84. The zero-order valence-electron chi connectivity index (χ0n) is 10.8. The van der Waals surface area contributed by atoms with E-state index >= 15 is 0 Å². The van der Waals surface area contributed by atoms with Gasteiger partial charge >= 0.3 is 0 Å². The molecule has 4 nitrogen and oxygen atoms in total. The average molecular weight is 255 g/mol. The van der Waals surface area contributed by atoms with E-state index < -0.39 is 0 Å². The fraction of sp³-hybridized carbons (Fsp3) is 0.333. The van der Waals surface area contributed by atoms with Crippen LogP contribution in [0.1, 0.15) is 29.7 Å². The fourth-order valence-electron chi connectivity index (χ4n) is 2.51. The molecule has 19 heavy (non-hydrogen) atoms. The van der Waals surface area contributed by atoms with Gasteiger partial charge in [-0.1, -0.05) is 18.2 Å². The lowest BCUT2D eigenvalue weighted by Gasteiger charge is -2.18. The van der Waals surface area contributed by atoms with Crippen molar-refractivity contribution in [3.05, 3.63) is 47.4 Å². The highest BCUT2D eigenvalue weighted by molar-refractivity contribution is 5.48. The van der Waals surface area contributed by atoms with Crippen LogP contribution in [0.15, 0.2) is 30.6 Å². The van der Waals surface area contributed by atoms with Gasteiger partial charge < -0.3 is 10.4 Å². The minimum atomic E-state index is 0.318. The van der Waals surface area contributed by atoms with Crippen LogP contribution in [0.5, 0.6) is 5.75 Å². The highest BCUT2D eigenvalue weighted by Crippen LogP contribution is 2.25. The van der Waals surface area contributed by atoms with Gasteiger partial charge in [-0.05, 0) is 31.7 Å². The highest BCUT2D eigenvalue weighted by atomic mass is 16.3. The zero-order valence-corrected chi connectivity index (χ0v) is 10.8. The summed E-state index contributed by atoms with van der Waals surface area (Å²) in [5, 5.41) is 13.1. The maximum absolute atomic E-state index is 9.75. The topological polar surface area (TPSA) is 58.0 Å². The van der Waals surface area contributed by atoms with Crippen molar-refractivity contribution < 1.29 is 5.11 Å². The molecule has 3 rings (SSSR count). The Labute approximate surface area is 112 Å². The third-order valence-corrected chi connectivity index (χ3v) is 3.56. The SMILES string of the molecule is Oc1ccccc1CNc1ncnc2c1CCCC2. The quantitative estimate of drug-likeness (QED) is 0.885. The van der Waals surface area contributed by atoms with Crippen molar-refractivity contribution in [3.8, 4) is 5.75 Å². The van der Waals surface area contributed by atoms with E-state index in [1.165, 1.54) is 24.1 Å². The van der Waals surface area contributed by atoms with Crippen LogP contribution in [0.3, 0.4) is 0 Å². The monoisotopic (exact) mass is 255 g/mol. The van der Waals surface area contributed by atoms with E-state index in [0.717, 1.165) is 24.2 Å². The molecule has 1 aliphatic carbocycles. The third kappa shape index (κ3) is 2.52. The standard InChI is InChI=1S/C15H17N3O/c19-14-8-4-1-5-11(14)9-16-15-12-6-2-3-7-13(12)17-10-18-15/h1,4-5,8,10,19H,2-3,6-7,9H2,(H,16,17,18). The molecular weight excluding hydrogens is 238 g/mol. The molecule has 1 aromatic heterocycles. The van der Waals surface area contributed by atoms with Crippen LogP contribution in [0.4, 0.5) is 5.82 Å². The lowest BCUT2D eigenvalue weighted by molar-refractivity contribution is 0.469. The van der Waals surface area contributed by atoms with Gasteiger partial charge in [0, 0.05) is 23.4 Å². The third-order valence-electron chi connectivity index (χ3n) is 3.56. The Morgan fingerprint density at radius 2 is 1.95 bits per heavy atom. The Bertz CT molecular complexity index is 583. The molecular formula is C15H17N3O. The van der Waals surface area contributed by atoms with E-state index in [0.29, 0.717) is 12.3 Å². The van der Waals surface area contributed by atoms with Gasteiger partial charge in [-0.25, -0.2) is 9.97 Å². The predicted octanol–water partition coefficient (Wildman–Crippen LogP) is 2.67. The molecule has 0 saturated carbocycles. The fourth-order valence-corrected chi connectivity index (χ4v) is 2.51. The summed E-state index contributed by atoms with van der Waals surface area (Å²) in [5.41, 5.74) is 3.29. The summed E-state index contributed by atoms with van der Waals surface area (Å²) in [4.78, 5) is 8.68. The first-order valence-corrected chi connectivity index (χ1v) is 6.68. The number of phenolic OH excluding ortho intramolecular Hbond substituents is 1. The molecule has 2 N–H and O–H groups in total. The van der Waals surface area contributed by atoms with Crippen LogP contribution in [0, 0.1) is 0 Å². The summed E-state index contributed by atoms with van der Waals surface area (Å²) in [6, 6.07) is 7.36. The second kappa shape index (κ2) is 5.26. The van der Waals surface area contributed by atoms with E-state index in [4.69, 9.17) is 0 Å². The zero-order chi connectivity index (χ0) is 13.1. The van der Waals surface area contributed by atoms with Crippen molar-refractivity contribution in [1.29, 1.82) is 0 Å². The van der Waals surface area contributed by atoms with Crippen LogP contribution < -0.4 is 5.32 Å². The summed E-state index contributed by atoms with van der Waals surface area (Å²) < 4.78 is 0. The van der Waals surface area contributed by atoms with Crippen LogP contribution in [-0.2, 0) is 19.4 Å². The largest absolute Gasteiger partial charge is 0.508 e. The van der Waals surface area contributed by atoms with Crippen molar-refractivity contribution in [2.45, 2.75) is 32.2 Å². The molecule has 0 amide bonds. The van der Waals surface area contributed by atoms with Gasteiger partial charge in [0.1, 0.15) is 17.9 Å². The number of aromatic hydroxyl groups is 1. The number of para-hydroxylation sites is 1. The van der Waals surface area contributed by atoms with E-state index in [-0.39, 0.29) is 0 Å². The molecule has 1 aromatic carbocycles. The normalized spacial score (nSPS) is 13.9. The first kappa shape index (κ1) is 12.0. The number of hydrogen-bond donors (Lipinski definition) is 2. The number of aromatic nitrogens is 2. The van der Waals surface area contributed by atoms with Gasteiger partial charge in [-0.15, -0.1) is 0 Å². The lowest BCUT2D eigenvalue weighted by Crippen LogP contribution is -2.12. The molecule has 4 heteroatoms. The minimum Gasteiger partial charge on any atom is -0.508 e. The number of anilines is 1. The Kier molecular flexibility index (Phi) is 3.31. The number of rotatable bonds is 3. The van der Waals surface area contributed by atoms with Crippen molar-refractivity contribution in [2.75, 3.05) is 5.32 Å². The Morgan fingerprint density at radius 1 is 1.11 bits per heavy atom. The maximum Gasteiger partial charge on any atom is 0.133 e. The second-order valence-corrected chi connectivity index (χ2v) is 4.84. The Hall–Kier alpha value is -2.10. The molecule has 1 heterocycles. The molecule has 0 unspecified atom stereocenters. The van der Waals surface area contributed by atoms with E-state index in [1.54, 1.807) is 12.4 Å². The highest BCUT2D eigenvalue weighted by Gasteiger charge is 2.15. The first-order chi connectivity index (χ1) is 9.34. The predicted molar refractivity (Wildman–Crippen MR) is 74.1 cm³/mol. The summed E-state index contributed by atoms with van der Waals surface area (Å²) >= 11 is 0. The molecule has 0 aliphatic heterocycles. The first-order valence-electron chi connectivity index (χ1n) is 6.68. The summed E-state index contributed by atoms with van der Waals surface area (Å²) in [6.45, 7) is 0.579.